The van der Waals surface area contributed by atoms with Gasteiger partial charge in [0.05, 0.1) is 16.2 Å². The molecule has 0 unspecified atom stereocenters. The first-order valence-corrected chi connectivity index (χ1v) is 10.3. The molecule has 1 amide bonds. The lowest BCUT2D eigenvalue weighted by molar-refractivity contribution is -0.384. The first-order valence-electron chi connectivity index (χ1n) is 9.26. The van der Waals surface area contributed by atoms with E-state index in [0.717, 1.165) is 34.5 Å². The first-order chi connectivity index (χ1) is 13.4. The maximum Gasteiger partial charge on any atom is 0.270 e. The van der Waals surface area contributed by atoms with Gasteiger partial charge < -0.3 is 15.5 Å². The molecule has 0 atom stereocenters. The summed E-state index contributed by atoms with van der Waals surface area (Å²) in [5.74, 6) is -0.312. The highest BCUT2D eigenvalue weighted by molar-refractivity contribution is 14.1. The van der Waals surface area contributed by atoms with Crippen LogP contribution in [-0.4, -0.2) is 41.9 Å². The van der Waals surface area contributed by atoms with Crippen molar-refractivity contribution in [2.24, 2.45) is 0 Å². The molecule has 0 aromatic heterocycles. The number of nitrogens with one attached hydrogen (secondary N) is 2. The summed E-state index contributed by atoms with van der Waals surface area (Å²) >= 11 is 2.24. The van der Waals surface area contributed by atoms with Gasteiger partial charge in [-0.2, -0.15) is 0 Å². The molecule has 0 bridgehead atoms. The molecule has 0 radical (unpaired) electrons. The molecule has 28 heavy (non-hydrogen) atoms. The third kappa shape index (κ3) is 5.20. The van der Waals surface area contributed by atoms with E-state index in [2.05, 4.69) is 38.1 Å². The molecule has 1 saturated heterocycles. The molecule has 8 heteroatoms. The fraction of sp³-hybridized carbons (Fsp3) is 0.350. The van der Waals surface area contributed by atoms with E-state index in [9.17, 15) is 14.9 Å². The second-order valence-electron chi connectivity index (χ2n) is 6.88. The van der Waals surface area contributed by atoms with Crippen LogP contribution in [0.5, 0.6) is 0 Å². The molecule has 2 N–H and O–H groups in total. The van der Waals surface area contributed by atoms with Crippen molar-refractivity contribution in [1.82, 2.24) is 10.2 Å². The molecule has 148 valence electrons. The van der Waals surface area contributed by atoms with Crippen molar-refractivity contribution in [2.45, 2.75) is 19.8 Å². The normalized spacial score (nSPS) is 14.1. The van der Waals surface area contributed by atoms with Gasteiger partial charge in [-0.15, -0.1) is 0 Å². The number of hydrogen-bond acceptors (Lipinski definition) is 5. The fourth-order valence-electron chi connectivity index (χ4n) is 3.28. The van der Waals surface area contributed by atoms with Crippen molar-refractivity contribution in [3.05, 3.63) is 61.2 Å². The molecule has 3 rings (SSSR count). The molecule has 0 saturated carbocycles. The molecule has 0 spiro atoms. The summed E-state index contributed by atoms with van der Waals surface area (Å²) in [6.45, 7) is 5.41. The summed E-state index contributed by atoms with van der Waals surface area (Å²) in [4.78, 5) is 25.7. The Labute approximate surface area is 177 Å². The Morgan fingerprint density at radius 2 is 1.89 bits per heavy atom. The van der Waals surface area contributed by atoms with Crippen LogP contribution in [0.1, 0.15) is 28.8 Å². The monoisotopic (exact) mass is 494 g/mol. The summed E-state index contributed by atoms with van der Waals surface area (Å²) in [5, 5.41) is 17.3. The van der Waals surface area contributed by atoms with E-state index >= 15 is 0 Å². The number of amides is 1. The van der Waals surface area contributed by atoms with Crippen molar-refractivity contribution >= 4 is 45.6 Å². The highest BCUT2D eigenvalue weighted by atomic mass is 127. The largest absolute Gasteiger partial charge is 0.355 e. The smallest absolute Gasteiger partial charge is 0.270 e. The zero-order valence-electron chi connectivity index (χ0n) is 15.7. The van der Waals surface area contributed by atoms with E-state index in [1.807, 2.05) is 25.1 Å². The van der Waals surface area contributed by atoms with Gasteiger partial charge in [0.2, 0.25) is 0 Å². The number of benzene rings is 2. The molecular weight excluding hydrogens is 471 g/mol. The summed E-state index contributed by atoms with van der Waals surface area (Å²) in [7, 11) is 0. The van der Waals surface area contributed by atoms with Gasteiger partial charge in [0, 0.05) is 34.5 Å². The maximum absolute atomic E-state index is 12.7. The number of hydrogen-bond donors (Lipinski definition) is 2. The van der Waals surface area contributed by atoms with E-state index in [1.165, 1.54) is 25.0 Å². The van der Waals surface area contributed by atoms with Crippen molar-refractivity contribution in [3.63, 3.8) is 0 Å². The van der Waals surface area contributed by atoms with E-state index in [1.54, 1.807) is 6.07 Å². The number of nitro groups is 1. The van der Waals surface area contributed by atoms with E-state index in [0.29, 0.717) is 12.2 Å². The minimum absolute atomic E-state index is 0.102. The molecule has 2 aromatic rings. The molecular formula is C20H23IN4O3. The van der Waals surface area contributed by atoms with E-state index < -0.39 is 4.92 Å². The van der Waals surface area contributed by atoms with Gasteiger partial charge in [-0.25, -0.2) is 0 Å². The van der Waals surface area contributed by atoms with E-state index in [4.69, 9.17) is 0 Å². The second-order valence-corrected chi connectivity index (χ2v) is 8.12. The number of halogens is 1. The van der Waals surface area contributed by atoms with Crippen LogP contribution >= 0.6 is 22.6 Å². The number of nitro benzene ring substituents is 1. The minimum atomic E-state index is -0.485. The zero-order chi connectivity index (χ0) is 20.1. The van der Waals surface area contributed by atoms with Crippen molar-refractivity contribution < 1.29 is 9.72 Å². The van der Waals surface area contributed by atoms with Crippen LogP contribution in [0.15, 0.2) is 36.4 Å². The van der Waals surface area contributed by atoms with Crippen LogP contribution < -0.4 is 10.6 Å². The van der Waals surface area contributed by atoms with Gasteiger partial charge in [0.15, 0.2) is 0 Å². The van der Waals surface area contributed by atoms with Crippen LogP contribution in [0, 0.1) is 20.6 Å². The zero-order valence-corrected chi connectivity index (χ0v) is 17.9. The van der Waals surface area contributed by atoms with Gasteiger partial charge >= 0.3 is 0 Å². The Morgan fingerprint density at radius 1 is 1.18 bits per heavy atom. The van der Waals surface area contributed by atoms with Crippen LogP contribution in [0.25, 0.3) is 0 Å². The number of rotatable bonds is 7. The van der Waals surface area contributed by atoms with Crippen LogP contribution in [0.2, 0.25) is 0 Å². The molecule has 2 aromatic carbocycles. The average molecular weight is 494 g/mol. The Bertz CT molecular complexity index is 882. The number of carbonyl (C=O) groups excluding carboxylic acids is 1. The highest BCUT2D eigenvalue weighted by Gasteiger charge is 2.18. The molecule has 0 aliphatic carbocycles. The Hall–Kier alpha value is -2.20. The van der Waals surface area contributed by atoms with Crippen molar-refractivity contribution in [2.75, 3.05) is 31.5 Å². The summed E-state index contributed by atoms with van der Waals surface area (Å²) in [6.07, 6.45) is 2.39. The maximum atomic E-state index is 12.7. The number of non-ortho nitro benzene ring substituents is 1. The number of aryl methyl sites for hydroxylation is 1. The molecule has 1 aliphatic rings. The third-order valence-electron chi connectivity index (χ3n) is 4.83. The van der Waals surface area contributed by atoms with Gasteiger partial charge in [-0.3, -0.25) is 14.9 Å². The Morgan fingerprint density at radius 3 is 2.57 bits per heavy atom. The Kier molecular flexibility index (Phi) is 6.84. The minimum Gasteiger partial charge on any atom is -0.355 e. The van der Waals surface area contributed by atoms with Gasteiger partial charge in [-0.1, -0.05) is 0 Å². The van der Waals surface area contributed by atoms with Crippen molar-refractivity contribution in [3.8, 4) is 0 Å². The number of carbonyl (C=O) groups is 1. The molecule has 7 nitrogen and oxygen atoms in total. The molecule has 1 heterocycles. The van der Waals surface area contributed by atoms with Crippen LogP contribution in [0.3, 0.4) is 0 Å². The first kappa shape index (κ1) is 20.5. The average Bonchev–Trinajstić information content (AvgIpc) is 3.17. The lowest BCUT2D eigenvalue weighted by Gasteiger charge is -2.16. The quantitative estimate of drug-likeness (QED) is 0.344. The Balaban J connectivity index is 1.78. The number of nitrogens with zero attached hydrogens (tertiary/aromatic N) is 2. The number of anilines is 2. The highest BCUT2D eigenvalue weighted by Crippen LogP contribution is 2.27. The lowest BCUT2D eigenvalue weighted by Crippen LogP contribution is -2.33. The van der Waals surface area contributed by atoms with E-state index in [-0.39, 0.29) is 17.2 Å². The van der Waals surface area contributed by atoms with Gasteiger partial charge in [0.1, 0.15) is 0 Å². The summed E-state index contributed by atoms with van der Waals surface area (Å²) in [5.41, 5.74) is 2.61. The summed E-state index contributed by atoms with van der Waals surface area (Å²) in [6, 6.07) is 10.3. The SMILES string of the molecule is Cc1cc(I)ccc1Nc1ccc([N+](=O)[O-])cc1C(=O)NCCN1CCCC1. The molecule has 1 fully saturated rings. The topological polar surface area (TPSA) is 87.5 Å². The van der Waals surface area contributed by atoms with Gasteiger partial charge in [0.25, 0.3) is 11.6 Å². The standard InChI is InChI=1S/C20H23IN4O3/c1-14-12-15(21)4-6-18(14)23-19-7-5-16(25(27)28)13-17(19)20(26)22-8-11-24-9-2-3-10-24/h4-7,12-13,23H,2-3,8-11H2,1H3,(H,22,26). The second kappa shape index (κ2) is 9.33. The van der Waals surface area contributed by atoms with Crippen LogP contribution in [-0.2, 0) is 0 Å². The van der Waals surface area contributed by atoms with Crippen molar-refractivity contribution in [1.29, 1.82) is 0 Å². The van der Waals surface area contributed by atoms with Crippen LogP contribution in [0.4, 0.5) is 17.1 Å². The lowest BCUT2D eigenvalue weighted by atomic mass is 10.1. The predicted octanol–water partition coefficient (Wildman–Crippen LogP) is 4.08. The van der Waals surface area contributed by atoms with Gasteiger partial charge in [-0.05, 0) is 85.3 Å². The number of likely N-dealkylation sites (tertiary alicyclic amines) is 1. The fourth-order valence-corrected chi connectivity index (χ4v) is 3.93. The summed E-state index contributed by atoms with van der Waals surface area (Å²) < 4.78 is 1.12. The predicted molar refractivity (Wildman–Crippen MR) is 118 cm³/mol. The molecule has 1 aliphatic heterocycles. The third-order valence-corrected chi connectivity index (χ3v) is 5.50.